The number of anilines is 2. The summed E-state index contributed by atoms with van der Waals surface area (Å²) in [5.74, 6) is -0.0655. The van der Waals surface area contributed by atoms with Gasteiger partial charge in [-0.05, 0) is 42.7 Å². The van der Waals surface area contributed by atoms with Crippen LogP contribution in [0.1, 0.15) is 11.1 Å². The molecule has 0 unspecified atom stereocenters. The topological polar surface area (TPSA) is 41.1 Å². The van der Waals surface area contributed by atoms with Gasteiger partial charge in [0.15, 0.2) is 0 Å². The van der Waals surface area contributed by atoms with E-state index in [2.05, 4.69) is 30.5 Å². The molecule has 3 nitrogen and oxygen atoms in total. The number of aryl methyl sites for hydroxylation is 1. The van der Waals surface area contributed by atoms with E-state index in [0.29, 0.717) is 0 Å². The SMILES string of the molecule is Cc1cccc(NCC(=O)Nc2ccccc2-c2ccccc2)c1C. The summed E-state index contributed by atoms with van der Waals surface area (Å²) in [4.78, 5) is 12.4. The average molecular weight is 330 g/mol. The number of hydrogen-bond acceptors (Lipinski definition) is 2. The van der Waals surface area contributed by atoms with Crippen molar-refractivity contribution in [2.45, 2.75) is 13.8 Å². The van der Waals surface area contributed by atoms with Gasteiger partial charge in [-0.15, -0.1) is 0 Å². The lowest BCUT2D eigenvalue weighted by atomic mass is 10.0. The van der Waals surface area contributed by atoms with Crippen molar-refractivity contribution in [1.82, 2.24) is 0 Å². The molecule has 0 saturated heterocycles. The summed E-state index contributed by atoms with van der Waals surface area (Å²) < 4.78 is 0. The van der Waals surface area contributed by atoms with Gasteiger partial charge in [0.1, 0.15) is 0 Å². The van der Waals surface area contributed by atoms with E-state index in [0.717, 1.165) is 22.5 Å². The predicted molar refractivity (Wildman–Crippen MR) is 105 cm³/mol. The van der Waals surface area contributed by atoms with Crippen molar-refractivity contribution in [3.63, 3.8) is 0 Å². The van der Waals surface area contributed by atoms with Crippen molar-refractivity contribution in [1.29, 1.82) is 0 Å². The Morgan fingerprint density at radius 3 is 2.28 bits per heavy atom. The standard InChI is InChI=1S/C22H22N2O/c1-16-9-8-14-20(17(16)2)23-15-22(25)24-21-13-7-6-12-19(21)18-10-4-3-5-11-18/h3-14,23H,15H2,1-2H3,(H,24,25). The molecule has 0 heterocycles. The number of nitrogens with one attached hydrogen (secondary N) is 2. The van der Waals surface area contributed by atoms with E-state index in [9.17, 15) is 4.79 Å². The highest BCUT2D eigenvalue weighted by Crippen LogP contribution is 2.27. The van der Waals surface area contributed by atoms with Crippen LogP contribution in [0.4, 0.5) is 11.4 Å². The number of rotatable bonds is 5. The van der Waals surface area contributed by atoms with Gasteiger partial charge in [-0.2, -0.15) is 0 Å². The van der Waals surface area contributed by atoms with Crippen LogP contribution in [-0.4, -0.2) is 12.5 Å². The number of carbonyl (C=O) groups excluding carboxylic acids is 1. The van der Waals surface area contributed by atoms with Gasteiger partial charge in [-0.25, -0.2) is 0 Å². The third-order valence-electron chi connectivity index (χ3n) is 4.33. The van der Waals surface area contributed by atoms with Gasteiger partial charge < -0.3 is 10.6 Å². The van der Waals surface area contributed by atoms with Crippen molar-refractivity contribution in [2.24, 2.45) is 0 Å². The number of benzene rings is 3. The van der Waals surface area contributed by atoms with Gasteiger partial charge in [0.25, 0.3) is 0 Å². The van der Waals surface area contributed by atoms with Gasteiger partial charge in [0, 0.05) is 16.9 Å². The molecule has 0 aliphatic carbocycles. The molecule has 0 radical (unpaired) electrons. The second-order valence-electron chi connectivity index (χ2n) is 6.06. The van der Waals surface area contributed by atoms with Gasteiger partial charge in [-0.1, -0.05) is 60.7 Å². The maximum atomic E-state index is 12.4. The zero-order chi connectivity index (χ0) is 17.6. The molecule has 1 amide bonds. The molecule has 0 spiro atoms. The lowest BCUT2D eigenvalue weighted by Crippen LogP contribution is -2.22. The van der Waals surface area contributed by atoms with Crippen LogP contribution >= 0.6 is 0 Å². The summed E-state index contributed by atoms with van der Waals surface area (Å²) in [5, 5.41) is 6.23. The highest BCUT2D eigenvalue weighted by atomic mass is 16.1. The lowest BCUT2D eigenvalue weighted by Gasteiger charge is -2.14. The third-order valence-corrected chi connectivity index (χ3v) is 4.33. The normalized spacial score (nSPS) is 10.3. The van der Waals surface area contributed by atoms with Gasteiger partial charge in [0.05, 0.1) is 6.54 Å². The van der Waals surface area contributed by atoms with E-state index in [-0.39, 0.29) is 12.5 Å². The minimum absolute atomic E-state index is 0.0655. The van der Waals surface area contributed by atoms with E-state index < -0.39 is 0 Å². The first kappa shape index (κ1) is 16.8. The average Bonchev–Trinajstić information content (AvgIpc) is 2.64. The van der Waals surface area contributed by atoms with Crippen molar-refractivity contribution in [3.8, 4) is 11.1 Å². The summed E-state index contributed by atoms with van der Waals surface area (Å²) in [5.41, 5.74) is 6.29. The van der Waals surface area contributed by atoms with Gasteiger partial charge in [-0.3, -0.25) is 4.79 Å². The molecule has 3 heteroatoms. The first-order valence-electron chi connectivity index (χ1n) is 8.39. The van der Waals surface area contributed by atoms with E-state index >= 15 is 0 Å². The Balaban J connectivity index is 1.71. The second-order valence-corrected chi connectivity index (χ2v) is 6.06. The molecule has 0 aliphatic rings. The quantitative estimate of drug-likeness (QED) is 0.689. The number of carbonyl (C=O) groups is 1. The molecule has 126 valence electrons. The predicted octanol–water partition coefficient (Wildman–Crippen LogP) is 5.02. The first-order valence-corrected chi connectivity index (χ1v) is 8.39. The Kier molecular flexibility index (Phi) is 5.14. The van der Waals surface area contributed by atoms with Crippen LogP contribution in [0.5, 0.6) is 0 Å². The zero-order valence-corrected chi connectivity index (χ0v) is 14.5. The van der Waals surface area contributed by atoms with E-state index in [1.54, 1.807) is 0 Å². The largest absolute Gasteiger partial charge is 0.376 e. The number of amides is 1. The lowest BCUT2D eigenvalue weighted by molar-refractivity contribution is -0.114. The minimum Gasteiger partial charge on any atom is -0.376 e. The molecule has 3 aromatic rings. The van der Waals surface area contributed by atoms with E-state index in [4.69, 9.17) is 0 Å². The van der Waals surface area contributed by atoms with Crippen molar-refractivity contribution in [2.75, 3.05) is 17.2 Å². The first-order chi connectivity index (χ1) is 12.1. The summed E-state index contributed by atoms with van der Waals surface area (Å²) >= 11 is 0. The third kappa shape index (κ3) is 4.07. The molecule has 3 aromatic carbocycles. The van der Waals surface area contributed by atoms with Crippen molar-refractivity contribution in [3.05, 3.63) is 83.9 Å². The minimum atomic E-state index is -0.0655. The molecule has 0 aromatic heterocycles. The molecule has 0 saturated carbocycles. The van der Waals surface area contributed by atoms with Crippen LogP contribution in [0.15, 0.2) is 72.8 Å². The summed E-state index contributed by atoms with van der Waals surface area (Å²) in [6.45, 7) is 4.35. The summed E-state index contributed by atoms with van der Waals surface area (Å²) in [6, 6.07) is 24.0. The molecule has 0 fully saturated rings. The van der Waals surface area contributed by atoms with E-state index in [1.807, 2.05) is 66.7 Å². The Labute approximate surface area is 148 Å². The fourth-order valence-corrected chi connectivity index (χ4v) is 2.77. The van der Waals surface area contributed by atoms with Crippen molar-refractivity contribution < 1.29 is 4.79 Å². The molecular weight excluding hydrogens is 308 g/mol. The van der Waals surface area contributed by atoms with E-state index in [1.165, 1.54) is 11.1 Å². The van der Waals surface area contributed by atoms with Crippen LogP contribution in [0.2, 0.25) is 0 Å². The maximum Gasteiger partial charge on any atom is 0.243 e. The Morgan fingerprint density at radius 2 is 1.48 bits per heavy atom. The second kappa shape index (κ2) is 7.67. The van der Waals surface area contributed by atoms with Gasteiger partial charge >= 0.3 is 0 Å². The highest BCUT2D eigenvalue weighted by molar-refractivity contribution is 5.97. The summed E-state index contributed by atoms with van der Waals surface area (Å²) in [6.07, 6.45) is 0. The number of hydrogen-bond donors (Lipinski definition) is 2. The fraction of sp³-hybridized carbons (Fsp3) is 0.136. The molecule has 0 atom stereocenters. The molecule has 3 rings (SSSR count). The Hall–Kier alpha value is -3.07. The van der Waals surface area contributed by atoms with Crippen molar-refractivity contribution >= 4 is 17.3 Å². The highest BCUT2D eigenvalue weighted by Gasteiger charge is 2.09. The smallest absolute Gasteiger partial charge is 0.243 e. The molecule has 0 aliphatic heterocycles. The molecule has 0 bridgehead atoms. The number of para-hydroxylation sites is 1. The zero-order valence-electron chi connectivity index (χ0n) is 14.5. The monoisotopic (exact) mass is 330 g/mol. The van der Waals surface area contributed by atoms with Crippen LogP contribution in [-0.2, 0) is 4.79 Å². The maximum absolute atomic E-state index is 12.4. The molecule has 2 N–H and O–H groups in total. The van der Waals surface area contributed by atoms with Crippen LogP contribution in [0.3, 0.4) is 0 Å². The Bertz CT molecular complexity index is 872. The Morgan fingerprint density at radius 1 is 0.800 bits per heavy atom. The van der Waals surface area contributed by atoms with Crippen LogP contribution in [0, 0.1) is 13.8 Å². The van der Waals surface area contributed by atoms with Gasteiger partial charge in [0.2, 0.25) is 5.91 Å². The fourth-order valence-electron chi connectivity index (χ4n) is 2.77. The summed E-state index contributed by atoms with van der Waals surface area (Å²) in [7, 11) is 0. The van der Waals surface area contributed by atoms with Crippen LogP contribution in [0.25, 0.3) is 11.1 Å². The molecular formula is C22H22N2O. The van der Waals surface area contributed by atoms with Crippen LogP contribution < -0.4 is 10.6 Å². The molecule has 25 heavy (non-hydrogen) atoms.